The minimum Gasteiger partial charge on any atom is -0.395 e. The van der Waals surface area contributed by atoms with Gasteiger partial charge in [-0.05, 0) is 30.7 Å². The summed E-state index contributed by atoms with van der Waals surface area (Å²) in [6.45, 7) is 0.0563. The van der Waals surface area contributed by atoms with Crippen molar-refractivity contribution in [3.8, 4) is 11.8 Å². The summed E-state index contributed by atoms with van der Waals surface area (Å²) < 4.78 is 0. The second-order valence-electron chi connectivity index (χ2n) is 4.04. The van der Waals surface area contributed by atoms with Gasteiger partial charge in [-0.15, -0.1) is 11.3 Å². The molecule has 0 spiro atoms. The molecule has 17 heavy (non-hydrogen) atoms. The lowest BCUT2D eigenvalue weighted by Crippen LogP contribution is -2.39. The highest BCUT2D eigenvalue weighted by molar-refractivity contribution is 7.12. The van der Waals surface area contributed by atoms with Crippen LogP contribution in [0.15, 0.2) is 11.4 Å². The zero-order chi connectivity index (χ0) is 12.1. The third-order valence-electron chi connectivity index (χ3n) is 2.77. The second kappa shape index (κ2) is 5.85. The van der Waals surface area contributed by atoms with Gasteiger partial charge in [-0.25, -0.2) is 0 Å². The number of hydrogen-bond acceptors (Lipinski definition) is 3. The number of amides is 1. The number of aliphatic hydroxyl groups is 1. The van der Waals surface area contributed by atoms with Gasteiger partial charge in [0.25, 0.3) is 5.91 Å². The SMILES string of the molecule is O=C(NC1CCC1)c1sccc1C#CCCO. The van der Waals surface area contributed by atoms with Crippen LogP contribution >= 0.6 is 11.3 Å². The van der Waals surface area contributed by atoms with E-state index in [1.54, 1.807) is 0 Å². The fraction of sp³-hybridized carbons (Fsp3) is 0.462. The molecule has 1 aliphatic rings. The maximum atomic E-state index is 11.9. The molecule has 1 aromatic heterocycles. The van der Waals surface area contributed by atoms with Gasteiger partial charge in [0.05, 0.1) is 6.61 Å². The Labute approximate surface area is 105 Å². The molecule has 0 aromatic carbocycles. The first-order valence-corrected chi connectivity index (χ1v) is 6.67. The minimum atomic E-state index is -0.0157. The van der Waals surface area contributed by atoms with Crippen molar-refractivity contribution in [3.63, 3.8) is 0 Å². The van der Waals surface area contributed by atoms with E-state index in [4.69, 9.17) is 5.11 Å². The monoisotopic (exact) mass is 249 g/mol. The molecular formula is C13H15NO2S. The highest BCUT2D eigenvalue weighted by Crippen LogP contribution is 2.21. The van der Waals surface area contributed by atoms with Crippen molar-refractivity contribution in [2.75, 3.05) is 6.61 Å². The van der Waals surface area contributed by atoms with E-state index in [9.17, 15) is 4.79 Å². The molecule has 0 bridgehead atoms. The molecule has 1 aliphatic carbocycles. The maximum absolute atomic E-state index is 11.9. The van der Waals surface area contributed by atoms with Crippen LogP contribution in [0.25, 0.3) is 0 Å². The summed E-state index contributed by atoms with van der Waals surface area (Å²) in [5.41, 5.74) is 0.764. The summed E-state index contributed by atoms with van der Waals surface area (Å²) >= 11 is 1.42. The normalized spacial score (nSPS) is 14.6. The molecule has 1 saturated carbocycles. The van der Waals surface area contributed by atoms with Crippen LogP contribution in [0.1, 0.15) is 40.9 Å². The Morgan fingerprint density at radius 3 is 3.06 bits per heavy atom. The first-order valence-electron chi connectivity index (χ1n) is 5.79. The van der Waals surface area contributed by atoms with E-state index in [-0.39, 0.29) is 12.5 Å². The van der Waals surface area contributed by atoms with Gasteiger partial charge in [-0.1, -0.05) is 11.8 Å². The van der Waals surface area contributed by atoms with Crippen molar-refractivity contribution in [1.29, 1.82) is 0 Å². The first kappa shape index (κ1) is 12.2. The molecule has 0 saturated heterocycles. The number of thiophene rings is 1. The molecule has 1 amide bonds. The van der Waals surface area contributed by atoms with Gasteiger partial charge in [-0.3, -0.25) is 4.79 Å². The molecule has 0 radical (unpaired) electrons. The van der Waals surface area contributed by atoms with E-state index < -0.39 is 0 Å². The standard InChI is InChI=1S/C13H15NO2S/c15-8-2-1-4-10-7-9-17-12(10)13(16)14-11-5-3-6-11/h7,9,11,15H,2-3,5-6,8H2,(H,14,16). The summed E-state index contributed by atoms with van der Waals surface area (Å²) in [4.78, 5) is 12.6. The van der Waals surface area contributed by atoms with Gasteiger partial charge in [-0.2, -0.15) is 0 Å². The van der Waals surface area contributed by atoms with Crippen molar-refractivity contribution in [1.82, 2.24) is 5.32 Å². The lowest BCUT2D eigenvalue weighted by molar-refractivity contribution is 0.0921. The van der Waals surface area contributed by atoms with Gasteiger partial charge in [0.1, 0.15) is 4.88 Å². The predicted octanol–water partition coefficient (Wildman–Crippen LogP) is 1.76. The zero-order valence-electron chi connectivity index (χ0n) is 9.53. The predicted molar refractivity (Wildman–Crippen MR) is 68.0 cm³/mol. The van der Waals surface area contributed by atoms with Gasteiger partial charge in [0.15, 0.2) is 0 Å². The molecule has 4 heteroatoms. The average Bonchev–Trinajstić information content (AvgIpc) is 2.72. The van der Waals surface area contributed by atoms with Crippen molar-refractivity contribution < 1.29 is 9.90 Å². The Bertz CT molecular complexity index is 451. The zero-order valence-corrected chi connectivity index (χ0v) is 10.3. The second-order valence-corrected chi connectivity index (χ2v) is 4.96. The van der Waals surface area contributed by atoms with Crippen LogP contribution in [0.5, 0.6) is 0 Å². The van der Waals surface area contributed by atoms with Crippen LogP contribution in [-0.2, 0) is 0 Å². The fourth-order valence-corrected chi connectivity index (χ4v) is 2.35. The maximum Gasteiger partial charge on any atom is 0.262 e. The molecule has 2 rings (SSSR count). The lowest BCUT2D eigenvalue weighted by Gasteiger charge is -2.26. The minimum absolute atomic E-state index is 0.0157. The quantitative estimate of drug-likeness (QED) is 0.802. The lowest BCUT2D eigenvalue weighted by atomic mass is 9.93. The largest absolute Gasteiger partial charge is 0.395 e. The average molecular weight is 249 g/mol. The molecule has 0 atom stereocenters. The number of carbonyl (C=O) groups is 1. The molecule has 90 valence electrons. The number of hydrogen-bond donors (Lipinski definition) is 2. The van der Waals surface area contributed by atoms with Crippen LogP contribution in [0.3, 0.4) is 0 Å². The smallest absolute Gasteiger partial charge is 0.262 e. The third-order valence-corrected chi connectivity index (χ3v) is 3.68. The Balaban J connectivity index is 2.02. The highest BCUT2D eigenvalue weighted by Gasteiger charge is 2.21. The molecule has 3 nitrogen and oxygen atoms in total. The van der Waals surface area contributed by atoms with E-state index >= 15 is 0 Å². The van der Waals surface area contributed by atoms with Gasteiger partial charge in [0, 0.05) is 18.0 Å². The molecular weight excluding hydrogens is 234 g/mol. The van der Waals surface area contributed by atoms with E-state index in [0.717, 1.165) is 18.4 Å². The number of nitrogens with one attached hydrogen (secondary N) is 1. The molecule has 0 unspecified atom stereocenters. The van der Waals surface area contributed by atoms with Crippen molar-refractivity contribution in [2.24, 2.45) is 0 Å². The molecule has 1 aromatic rings. The number of aliphatic hydroxyl groups excluding tert-OH is 1. The van der Waals surface area contributed by atoms with Crippen LogP contribution in [-0.4, -0.2) is 23.7 Å². The summed E-state index contributed by atoms with van der Waals surface area (Å²) in [5, 5.41) is 13.5. The Kier molecular flexibility index (Phi) is 4.18. The molecule has 0 aliphatic heterocycles. The van der Waals surface area contributed by atoms with Crippen LogP contribution in [0.4, 0.5) is 0 Å². The fourth-order valence-electron chi connectivity index (χ4n) is 1.60. The van der Waals surface area contributed by atoms with Gasteiger partial charge >= 0.3 is 0 Å². The Hall–Kier alpha value is -1.31. The molecule has 2 N–H and O–H groups in total. The number of rotatable bonds is 3. The first-order chi connectivity index (χ1) is 8.31. The Morgan fingerprint density at radius 1 is 1.59 bits per heavy atom. The summed E-state index contributed by atoms with van der Waals surface area (Å²) in [6.07, 6.45) is 3.82. The highest BCUT2D eigenvalue weighted by atomic mass is 32.1. The van der Waals surface area contributed by atoms with Crippen molar-refractivity contribution in [3.05, 3.63) is 21.9 Å². The topological polar surface area (TPSA) is 49.3 Å². The third kappa shape index (κ3) is 3.09. The van der Waals surface area contributed by atoms with E-state index in [0.29, 0.717) is 17.3 Å². The molecule has 1 heterocycles. The summed E-state index contributed by atoms with van der Waals surface area (Å²) in [5.74, 6) is 5.75. The van der Waals surface area contributed by atoms with Crippen molar-refractivity contribution in [2.45, 2.75) is 31.7 Å². The van der Waals surface area contributed by atoms with Crippen LogP contribution < -0.4 is 5.32 Å². The van der Waals surface area contributed by atoms with E-state index in [2.05, 4.69) is 17.2 Å². The van der Waals surface area contributed by atoms with Crippen LogP contribution in [0, 0.1) is 11.8 Å². The Morgan fingerprint density at radius 2 is 2.41 bits per heavy atom. The number of carbonyl (C=O) groups excluding carboxylic acids is 1. The van der Waals surface area contributed by atoms with Crippen molar-refractivity contribution >= 4 is 17.2 Å². The van der Waals surface area contributed by atoms with Gasteiger partial charge in [0.2, 0.25) is 0 Å². The van der Waals surface area contributed by atoms with Gasteiger partial charge < -0.3 is 10.4 Å². The van der Waals surface area contributed by atoms with E-state index in [1.807, 2.05) is 11.4 Å². The summed E-state index contributed by atoms with van der Waals surface area (Å²) in [7, 11) is 0. The summed E-state index contributed by atoms with van der Waals surface area (Å²) in [6, 6.07) is 2.20. The van der Waals surface area contributed by atoms with E-state index in [1.165, 1.54) is 17.8 Å². The molecule has 1 fully saturated rings. The van der Waals surface area contributed by atoms with Crippen LogP contribution in [0.2, 0.25) is 0 Å².